The molecule has 0 aliphatic heterocycles. The Morgan fingerprint density at radius 1 is 0.791 bits per heavy atom. The van der Waals surface area contributed by atoms with Crippen LogP contribution in [-0.4, -0.2) is 23.2 Å². The Labute approximate surface area is 249 Å². The Morgan fingerprint density at radius 2 is 1.47 bits per heavy atom. The van der Waals surface area contributed by atoms with Crippen molar-refractivity contribution >= 4 is 39.8 Å². The highest BCUT2D eigenvalue weighted by atomic mass is 16.6. The van der Waals surface area contributed by atoms with Gasteiger partial charge in [0, 0.05) is 22.7 Å². The van der Waals surface area contributed by atoms with Gasteiger partial charge in [0.2, 0.25) is 5.91 Å². The van der Waals surface area contributed by atoms with Crippen LogP contribution in [0.2, 0.25) is 0 Å². The molecule has 8 nitrogen and oxygen atoms in total. The summed E-state index contributed by atoms with van der Waals surface area (Å²) in [6.45, 7) is 1.95. The average molecular weight is 574 g/mol. The van der Waals surface area contributed by atoms with Gasteiger partial charge < -0.3 is 25.6 Å². The summed E-state index contributed by atoms with van der Waals surface area (Å²) in [4.78, 5) is 26.3. The summed E-state index contributed by atoms with van der Waals surface area (Å²) >= 11 is 0. The number of hydrogen-bond acceptors (Lipinski definition) is 6. The van der Waals surface area contributed by atoms with Crippen LogP contribution in [0.4, 0.5) is 21.9 Å². The molecule has 0 aromatic heterocycles. The standard InChI is InChI=1S/C35H31N3O5/c1-23-15-17-24(18-16-23)37-35(41)43-34(28-19-20-31(39)27-12-6-5-11-26(27)28)32(42-25-9-3-2-4-10-25)21-22-33(40)38-30-14-8-7-13-29(30)36/h2-22,32,34,39H,36H2,1H3,(H,37,41)(H,38,40)/b22-21+/t32-,34-/m0/s1. The van der Waals surface area contributed by atoms with Gasteiger partial charge in [0.15, 0.2) is 12.2 Å². The van der Waals surface area contributed by atoms with Crippen molar-refractivity contribution in [3.8, 4) is 11.5 Å². The highest BCUT2D eigenvalue weighted by molar-refractivity contribution is 6.01. The maximum atomic E-state index is 13.3. The molecule has 0 heterocycles. The Bertz CT molecular complexity index is 1750. The van der Waals surface area contributed by atoms with Crippen LogP contribution in [-0.2, 0) is 9.53 Å². The number of carbonyl (C=O) groups is 2. The number of para-hydroxylation sites is 3. The fourth-order valence-corrected chi connectivity index (χ4v) is 4.59. The van der Waals surface area contributed by atoms with Crippen LogP contribution >= 0.6 is 0 Å². The number of phenolic OH excluding ortho intramolecular Hbond substituents is 1. The SMILES string of the molecule is Cc1ccc(NC(=O)O[C@@H](c2ccc(O)c3ccccc23)[C@H](/C=C/C(=O)Nc2ccccc2N)Oc2ccccc2)cc1. The molecule has 0 aliphatic carbocycles. The van der Waals surface area contributed by atoms with E-state index in [0.717, 1.165) is 5.56 Å². The number of fused-ring (bicyclic) bond motifs is 1. The summed E-state index contributed by atoms with van der Waals surface area (Å²) in [5, 5.41) is 17.3. The summed E-state index contributed by atoms with van der Waals surface area (Å²) in [7, 11) is 0. The number of aromatic hydroxyl groups is 1. The maximum absolute atomic E-state index is 13.3. The molecule has 0 saturated carbocycles. The van der Waals surface area contributed by atoms with Gasteiger partial charge >= 0.3 is 6.09 Å². The molecule has 5 aromatic carbocycles. The van der Waals surface area contributed by atoms with E-state index in [1.807, 2.05) is 55.5 Å². The van der Waals surface area contributed by atoms with E-state index in [0.29, 0.717) is 39.1 Å². The molecule has 0 spiro atoms. The molecule has 5 aromatic rings. The molecule has 0 unspecified atom stereocenters. The number of amides is 2. The van der Waals surface area contributed by atoms with Crippen molar-refractivity contribution in [1.82, 2.24) is 0 Å². The number of anilines is 3. The molecule has 0 aliphatic rings. The van der Waals surface area contributed by atoms with E-state index in [2.05, 4.69) is 10.6 Å². The molecule has 5 rings (SSSR count). The predicted molar refractivity (Wildman–Crippen MR) is 169 cm³/mol. The van der Waals surface area contributed by atoms with Crippen molar-refractivity contribution in [3.05, 3.63) is 139 Å². The minimum Gasteiger partial charge on any atom is -0.507 e. The highest BCUT2D eigenvalue weighted by Crippen LogP contribution is 2.36. The minimum absolute atomic E-state index is 0.0816. The number of nitrogens with two attached hydrogens (primary N) is 1. The normalized spacial score (nSPS) is 12.4. The van der Waals surface area contributed by atoms with E-state index in [4.69, 9.17) is 15.2 Å². The molecule has 5 N–H and O–H groups in total. The van der Waals surface area contributed by atoms with E-state index in [-0.39, 0.29) is 5.75 Å². The number of benzene rings is 5. The summed E-state index contributed by atoms with van der Waals surface area (Å²) in [6, 6.07) is 33.7. The van der Waals surface area contributed by atoms with Crippen LogP contribution in [0.15, 0.2) is 127 Å². The largest absolute Gasteiger partial charge is 0.507 e. The molecule has 2 amide bonds. The van der Waals surface area contributed by atoms with Gasteiger partial charge in [-0.1, -0.05) is 78.4 Å². The first-order valence-electron chi connectivity index (χ1n) is 13.7. The molecule has 0 bridgehead atoms. The van der Waals surface area contributed by atoms with E-state index in [1.165, 1.54) is 12.2 Å². The van der Waals surface area contributed by atoms with Gasteiger partial charge in [-0.15, -0.1) is 0 Å². The zero-order valence-corrected chi connectivity index (χ0v) is 23.4. The lowest BCUT2D eigenvalue weighted by molar-refractivity contribution is -0.112. The number of nitrogens with one attached hydrogen (secondary N) is 2. The molecule has 2 atom stereocenters. The van der Waals surface area contributed by atoms with Crippen molar-refractivity contribution in [2.45, 2.75) is 19.1 Å². The lowest BCUT2D eigenvalue weighted by Gasteiger charge is -2.27. The lowest BCUT2D eigenvalue weighted by Crippen LogP contribution is -2.30. The quantitative estimate of drug-likeness (QED) is 0.108. The Kier molecular flexibility index (Phi) is 8.87. The number of carbonyl (C=O) groups excluding carboxylic acids is 2. The zero-order valence-electron chi connectivity index (χ0n) is 23.4. The summed E-state index contributed by atoms with van der Waals surface area (Å²) in [5.41, 5.74) is 9.06. The minimum atomic E-state index is -1.04. The van der Waals surface area contributed by atoms with Gasteiger partial charge in [-0.25, -0.2) is 4.79 Å². The fraction of sp³-hybridized carbons (Fsp3) is 0.0857. The van der Waals surface area contributed by atoms with E-state index in [9.17, 15) is 14.7 Å². The number of hydrogen-bond donors (Lipinski definition) is 4. The first kappa shape index (κ1) is 28.8. The topological polar surface area (TPSA) is 123 Å². The van der Waals surface area contributed by atoms with Crippen LogP contribution in [0.3, 0.4) is 0 Å². The number of rotatable bonds is 9. The van der Waals surface area contributed by atoms with Crippen LogP contribution in [0, 0.1) is 6.92 Å². The van der Waals surface area contributed by atoms with Gasteiger partial charge in [0.05, 0.1) is 11.4 Å². The number of phenols is 1. The second-order valence-electron chi connectivity index (χ2n) is 9.87. The van der Waals surface area contributed by atoms with Crippen LogP contribution < -0.4 is 21.1 Å². The molecule has 43 heavy (non-hydrogen) atoms. The van der Waals surface area contributed by atoms with Gasteiger partial charge in [-0.05, 0) is 60.9 Å². The predicted octanol–water partition coefficient (Wildman–Crippen LogP) is 7.37. The molecular weight excluding hydrogens is 542 g/mol. The number of ether oxygens (including phenoxy) is 2. The Hall–Kier alpha value is -5.76. The monoisotopic (exact) mass is 573 g/mol. The molecular formula is C35H31N3O5. The summed E-state index contributed by atoms with van der Waals surface area (Å²) in [5.74, 6) is 0.136. The third kappa shape index (κ3) is 7.31. The third-order valence-corrected chi connectivity index (χ3v) is 6.74. The van der Waals surface area contributed by atoms with E-state index >= 15 is 0 Å². The van der Waals surface area contributed by atoms with Gasteiger partial charge in [0.25, 0.3) is 0 Å². The summed E-state index contributed by atoms with van der Waals surface area (Å²) < 4.78 is 12.4. The Balaban J connectivity index is 1.53. The van der Waals surface area contributed by atoms with Crippen molar-refractivity contribution < 1.29 is 24.2 Å². The van der Waals surface area contributed by atoms with Crippen LogP contribution in [0.1, 0.15) is 17.2 Å². The van der Waals surface area contributed by atoms with Crippen molar-refractivity contribution in [2.24, 2.45) is 0 Å². The lowest BCUT2D eigenvalue weighted by atomic mass is 9.96. The number of aryl methyl sites for hydroxylation is 1. The van der Waals surface area contributed by atoms with Crippen molar-refractivity contribution in [3.63, 3.8) is 0 Å². The van der Waals surface area contributed by atoms with Gasteiger partial charge in [-0.3, -0.25) is 10.1 Å². The molecule has 216 valence electrons. The van der Waals surface area contributed by atoms with E-state index in [1.54, 1.807) is 66.7 Å². The third-order valence-electron chi connectivity index (χ3n) is 6.74. The second-order valence-corrected chi connectivity index (χ2v) is 9.87. The second kappa shape index (κ2) is 13.3. The Morgan fingerprint density at radius 3 is 2.21 bits per heavy atom. The van der Waals surface area contributed by atoms with Crippen molar-refractivity contribution in [2.75, 3.05) is 16.4 Å². The highest BCUT2D eigenvalue weighted by Gasteiger charge is 2.30. The van der Waals surface area contributed by atoms with Crippen molar-refractivity contribution in [1.29, 1.82) is 0 Å². The number of nitrogen functional groups attached to an aromatic ring is 1. The molecule has 0 fully saturated rings. The van der Waals surface area contributed by atoms with Gasteiger partial charge in [-0.2, -0.15) is 0 Å². The first-order valence-corrected chi connectivity index (χ1v) is 13.7. The zero-order chi connectivity index (χ0) is 30.2. The van der Waals surface area contributed by atoms with Crippen LogP contribution in [0.5, 0.6) is 11.5 Å². The van der Waals surface area contributed by atoms with Gasteiger partial charge in [0.1, 0.15) is 11.5 Å². The molecule has 8 heteroatoms. The van der Waals surface area contributed by atoms with Crippen LogP contribution in [0.25, 0.3) is 10.8 Å². The first-order chi connectivity index (χ1) is 20.9. The summed E-state index contributed by atoms with van der Waals surface area (Å²) in [6.07, 6.45) is 0.131. The molecule has 0 saturated heterocycles. The molecule has 0 radical (unpaired) electrons. The average Bonchev–Trinajstić information content (AvgIpc) is 3.01. The smallest absolute Gasteiger partial charge is 0.412 e. The van der Waals surface area contributed by atoms with E-state index < -0.39 is 24.2 Å². The maximum Gasteiger partial charge on any atom is 0.412 e. The fourth-order valence-electron chi connectivity index (χ4n) is 4.59.